The summed E-state index contributed by atoms with van der Waals surface area (Å²) in [6.07, 6.45) is 3.90. The van der Waals surface area contributed by atoms with E-state index in [0.29, 0.717) is 0 Å². The summed E-state index contributed by atoms with van der Waals surface area (Å²) in [5.74, 6) is 3.38. The van der Waals surface area contributed by atoms with Gasteiger partial charge < -0.3 is 5.32 Å². The van der Waals surface area contributed by atoms with Crippen molar-refractivity contribution in [3.63, 3.8) is 0 Å². The van der Waals surface area contributed by atoms with E-state index in [1.54, 1.807) is 0 Å². The average molecular weight is 263 g/mol. The van der Waals surface area contributed by atoms with E-state index in [-0.39, 0.29) is 0 Å². The Morgan fingerprint density at radius 3 is 2.56 bits per heavy atom. The number of thioether (sulfide) groups is 1. The molecule has 1 aromatic rings. The third-order valence-corrected chi connectivity index (χ3v) is 4.64. The predicted octanol–water partition coefficient (Wildman–Crippen LogP) is 3.87. The van der Waals surface area contributed by atoms with Gasteiger partial charge in [0.05, 0.1) is 0 Å². The second kappa shape index (κ2) is 7.20. The lowest BCUT2D eigenvalue weighted by Crippen LogP contribution is -2.33. The molecule has 1 unspecified atom stereocenters. The van der Waals surface area contributed by atoms with Gasteiger partial charge in [0.1, 0.15) is 0 Å². The van der Waals surface area contributed by atoms with E-state index in [0.717, 1.165) is 18.5 Å². The minimum absolute atomic E-state index is 0.721. The van der Waals surface area contributed by atoms with Crippen LogP contribution in [0.3, 0.4) is 0 Å². The Bertz CT molecular complexity index is 339. The van der Waals surface area contributed by atoms with Gasteiger partial charge in [0.25, 0.3) is 0 Å². The van der Waals surface area contributed by atoms with Gasteiger partial charge in [-0.15, -0.1) is 0 Å². The fourth-order valence-corrected chi connectivity index (χ4v) is 3.53. The molecule has 18 heavy (non-hydrogen) atoms. The van der Waals surface area contributed by atoms with Gasteiger partial charge in [-0.05, 0) is 42.1 Å². The van der Waals surface area contributed by atoms with E-state index in [1.807, 2.05) is 0 Å². The molecule has 0 saturated carbocycles. The van der Waals surface area contributed by atoms with Crippen LogP contribution in [0, 0.1) is 5.92 Å². The zero-order valence-electron chi connectivity index (χ0n) is 11.6. The van der Waals surface area contributed by atoms with Crippen LogP contribution in [-0.4, -0.2) is 17.5 Å². The number of benzene rings is 1. The highest BCUT2D eigenvalue weighted by molar-refractivity contribution is 7.99. The number of hydrogen-bond donors (Lipinski definition) is 1. The third kappa shape index (κ3) is 4.66. The van der Waals surface area contributed by atoms with Crippen LogP contribution in [0.1, 0.15) is 37.8 Å². The van der Waals surface area contributed by atoms with Crippen LogP contribution >= 0.6 is 11.8 Å². The van der Waals surface area contributed by atoms with Gasteiger partial charge >= 0.3 is 0 Å². The van der Waals surface area contributed by atoms with E-state index < -0.39 is 0 Å². The molecule has 0 aromatic heterocycles. The summed E-state index contributed by atoms with van der Waals surface area (Å²) in [6.45, 7) is 5.57. The minimum atomic E-state index is 0.721. The fourth-order valence-electron chi connectivity index (χ4n) is 2.43. The fraction of sp³-hybridized carbons (Fsp3) is 0.625. The molecule has 2 heteroatoms. The van der Waals surface area contributed by atoms with Gasteiger partial charge in [0.2, 0.25) is 0 Å². The van der Waals surface area contributed by atoms with E-state index in [2.05, 4.69) is 55.2 Å². The topological polar surface area (TPSA) is 12.0 Å². The lowest BCUT2D eigenvalue weighted by molar-refractivity contribution is 0.507. The number of rotatable bonds is 5. The largest absolute Gasteiger partial charge is 0.309 e. The lowest BCUT2D eigenvalue weighted by atomic mass is 10.0. The quantitative estimate of drug-likeness (QED) is 0.865. The van der Waals surface area contributed by atoms with Crippen molar-refractivity contribution in [2.75, 3.05) is 11.5 Å². The summed E-state index contributed by atoms with van der Waals surface area (Å²) in [6, 6.07) is 9.85. The van der Waals surface area contributed by atoms with Gasteiger partial charge in [0.15, 0.2) is 0 Å². The molecule has 0 aliphatic carbocycles. The van der Waals surface area contributed by atoms with Crippen molar-refractivity contribution in [2.24, 2.45) is 5.92 Å². The Hall–Kier alpha value is -0.470. The average Bonchev–Trinajstić information content (AvgIpc) is 2.38. The first-order valence-electron chi connectivity index (χ1n) is 7.13. The summed E-state index contributed by atoms with van der Waals surface area (Å²) in [7, 11) is 0. The first-order chi connectivity index (χ1) is 8.74. The Morgan fingerprint density at radius 1 is 1.22 bits per heavy atom. The molecular formula is C16H25NS. The summed E-state index contributed by atoms with van der Waals surface area (Å²) < 4.78 is 0. The normalized spacial score (nSPS) is 20.3. The van der Waals surface area contributed by atoms with Crippen molar-refractivity contribution >= 4 is 11.8 Å². The standard InChI is InChI=1S/C16H25NS/c1-13(2)10-14-5-7-15(8-6-14)11-17-16-4-3-9-18-12-16/h5-8,13,16-17H,3-4,9-12H2,1-2H3. The molecule has 1 nitrogen and oxygen atoms in total. The molecule has 0 spiro atoms. The molecule has 0 amide bonds. The first-order valence-corrected chi connectivity index (χ1v) is 8.28. The SMILES string of the molecule is CC(C)Cc1ccc(CNC2CCCSC2)cc1. The molecule has 1 saturated heterocycles. The number of nitrogens with one attached hydrogen (secondary N) is 1. The molecule has 1 aromatic carbocycles. The lowest BCUT2D eigenvalue weighted by Gasteiger charge is -2.22. The monoisotopic (exact) mass is 263 g/mol. The highest BCUT2D eigenvalue weighted by Gasteiger charge is 2.12. The third-order valence-electron chi connectivity index (χ3n) is 3.42. The Kier molecular flexibility index (Phi) is 5.58. The second-order valence-corrected chi connectivity index (χ2v) is 6.86. The van der Waals surface area contributed by atoms with Crippen molar-refractivity contribution in [1.82, 2.24) is 5.32 Å². The Labute approximate surface area is 116 Å². The zero-order chi connectivity index (χ0) is 12.8. The molecule has 2 rings (SSSR count). The highest BCUT2D eigenvalue weighted by Crippen LogP contribution is 2.17. The Morgan fingerprint density at radius 2 is 1.94 bits per heavy atom. The van der Waals surface area contributed by atoms with Crippen molar-refractivity contribution in [1.29, 1.82) is 0 Å². The number of hydrogen-bond acceptors (Lipinski definition) is 2. The predicted molar refractivity (Wildman–Crippen MR) is 82.2 cm³/mol. The molecule has 1 heterocycles. The second-order valence-electron chi connectivity index (χ2n) is 5.71. The highest BCUT2D eigenvalue weighted by atomic mass is 32.2. The van der Waals surface area contributed by atoms with E-state index in [1.165, 1.54) is 41.9 Å². The van der Waals surface area contributed by atoms with Crippen LogP contribution in [0.2, 0.25) is 0 Å². The summed E-state index contributed by atoms with van der Waals surface area (Å²) >= 11 is 2.08. The van der Waals surface area contributed by atoms with E-state index >= 15 is 0 Å². The molecule has 1 atom stereocenters. The summed E-state index contributed by atoms with van der Waals surface area (Å²) in [5.41, 5.74) is 2.88. The molecule has 1 N–H and O–H groups in total. The minimum Gasteiger partial charge on any atom is -0.309 e. The van der Waals surface area contributed by atoms with Crippen molar-refractivity contribution < 1.29 is 0 Å². The van der Waals surface area contributed by atoms with Gasteiger partial charge in [0, 0.05) is 18.3 Å². The zero-order valence-corrected chi connectivity index (χ0v) is 12.4. The summed E-state index contributed by atoms with van der Waals surface area (Å²) in [4.78, 5) is 0. The maximum absolute atomic E-state index is 3.68. The Balaban J connectivity index is 1.78. The molecule has 1 aliphatic rings. The molecule has 0 bridgehead atoms. The van der Waals surface area contributed by atoms with Crippen LogP contribution in [0.15, 0.2) is 24.3 Å². The molecule has 0 radical (unpaired) electrons. The van der Waals surface area contributed by atoms with E-state index in [4.69, 9.17) is 0 Å². The van der Waals surface area contributed by atoms with E-state index in [9.17, 15) is 0 Å². The van der Waals surface area contributed by atoms with Crippen LogP contribution in [0.4, 0.5) is 0 Å². The van der Waals surface area contributed by atoms with Gasteiger partial charge in [-0.25, -0.2) is 0 Å². The van der Waals surface area contributed by atoms with Crippen molar-refractivity contribution in [3.05, 3.63) is 35.4 Å². The molecule has 1 aliphatic heterocycles. The van der Waals surface area contributed by atoms with Crippen LogP contribution < -0.4 is 5.32 Å². The first kappa shape index (κ1) is 14.0. The van der Waals surface area contributed by atoms with Crippen LogP contribution in [0.5, 0.6) is 0 Å². The van der Waals surface area contributed by atoms with Crippen LogP contribution in [0.25, 0.3) is 0 Å². The van der Waals surface area contributed by atoms with Crippen LogP contribution in [-0.2, 0) is 13.0 Å². The maximum atomic E-state index is 3.68. The maximum Gasteiger partial charge on any atom is 0.0208 e. The van der Waals surface area contributed by atoms with Crippen molar-refractivity contribution in [3.8, 4) is 0 Å². The molecule has 100 valence electrons. The van der Waals surface area contributed by atoms with Gasteiger partial charge in [-0.2, -0.15) is 11.8 Å². The smallest absolute Gasteiger partial charge is 0.0208 e. The van der Waals surface area contributed by atoms with Gasteiger partial charge in [-0.3, -0.25) is 0 Å². The molecular weight excluding hydrogens is 238 g/mol. The molecule has 1 fully saturated rings. The van der Waals surface area contributed by atoms with Gasteiger partial charge in [-0.1, -0.05) is 38.1 Å². The summed E-state index contributed by atoms with van der Waals surface area (Å²) in [5, 5.41) is 3.68. The van der Waals surface area contributed by atoms with Crippen molar-refractivity contribution in [2.45, 2.75) is 45.7 Å².